The van der Waals surface area contributed by atoms with Crippen LogP contribution in [0.5, 0.6) is 0 Å². The molecule has 0 atom stereocenters. The molecular weight excluding hydrogens is 246 g/mol. The third kappa shape index (κ3) is 2.30. The molecule has 0 saturated carbocycles. The van der Waals surface area contributed by atoms with Crippen LogP contribution in [0.2, 0.25) is 0 Å². The number of nitrogens with zero attached hydrogens (tertiary/aromatic N) is 3. The molecule has 0 fully saturated rings. The highest BCUT2D eigenvalue weighted by atomic mass is 14.8. The van der Waals surface area contributed by atoms with Crippen molar-refractivity contribution in [3.05, 3.63) is 66.4 Å². The lowest BCUT2D eigenvalue weighted by Gasteiger charge is -2.12. The number of hydrogen-bond donors (Lipinski definition) is 0. The molecule has 3 heteroatoms. The van der Waals surface area contributed by atoms with E-state index in [0.29, 0.717) is 0 Å². The number of aromatic nitrogens is 3. The average Bonchev–Trinajstić information content (AvgIpc) is 2.51. The second-order valence-corrected chi connectivity index (χ2v) is 4.81. The minimum Gasteiger partial charge on any atom is -0.265 e. The third-order valence-electron chi connectivity index (χ3n) is 3.40. The highest BCUT2D eigenvalue weighted by Crippen LogP contribution is 2.30. The van der Waals surface area contributed by atoms with Crippen molar-refractivity contribution in [3.63, 3.8) is 0 Å². The molecule has 0 aliphatic rings. The summed E-state index contributed by atoms with van der Waals surface area (Å²) in [5.74, 6) is 0. The van der Waals surface area contributed by atoms with Gasteiger partial charge in [0.25, 0.3) is 0 Å². The van der Waals surface area contributed by atoms with Crippen LogP contribution in [0.4, 0.5) is 0 Å². The molecular formula is C17H15N3. The summed E-state index contributed by atoms with van der Waals surface area (Å²) in [7, 11) is 0. The molecule has 3 nitrogen and oxygen atoms in total. The highest BCUT2D eigenvalue weighted by molar-refractivity contribution is 5.74. The standard InChI is InChI=1S/C17H15N3/c1-12-10-16(17-11-19-7-8-20-17)13(2)9-15(12)14-3-5-18-6-4-14/h3-11H,1-2H3. The fourth-order valence-electron chi connectivity index (χ4n) is 2.37. The summed E-state index contributed by atoms with van der Waals surface area (Å²) in [5.41, 5.74) is 6.89. The maximum atomic E-state index is 4.38. The van der Waals surface area contributed by atoms with E-state index in [4.69, 9.17) is 0 Å². The zero-order chi connectivity index (χ0) is 13.9. The number of rotatable bonds is 2. The Bertz CT molecular complexity index is 657. The van der Waals surface area contributed by atoms with Crippen molar-refractivity contribution >= 4 is 0 Å². The molecule has 0 aliphatic heterocycles. The van der Waals surface area contributed by atoms with Gasteiger partial charge >= 0.3 is 0 Å². The van der Waals surface area contributed by atoms with Gasteiger partial charge in [-0.2, -0.15) is 0 Å². The van der Waals surface area contributed by atoms with Crippen LogP contribution >= 0.6 is 0 Å². The van der Waals surface area contributed by atoms with E-state index in [9.17, 15) is 0 Å². The zero-order valence-electron chi connectivity index (χ0n) is 11.5. The Morgan fingerprint density at radius 3 is 2.15 bits per heavy atom. The Kier molecular flexibility index (Phi) is 3.25. The minimum atomic E-state index is 0.911. The van der Waals surface area contributed by atoms with E-state index < -0.39 is 0 Å². The molecule has 3 aromatic rings. The normalized spacial score (nSPS) is 10.5. The molecule has 98 valence electrons. The zero-order valence-corrected chi connectivity index (χ0v) is 11.5. The summed E-state index contributed by atoms with van der Waals surface area (Å²) in [6.07, 6.45) is 8.85. The molecule has 0 bridgehead atoms. The molecule has 0 spiro atoms. The molecule has 20 heavy (non-hydrogen) atoms. The lowest BCUT2D eigenvalue weighted by Crippen LogP contribution is -1.92. The average molecular weight is 261 g/mol. The van der Waals surface area contributed by atoms with Crippen LogP contribution < -0.4 is 0 Å². The Morgan fingerprint density at radius 1 is 0.750 bits per heavy atom. The predicted molar refractivity (Wildman–Crippen MR) is 80.2 cm³/mol. The van der Waals surface area contributed by atoms with Gasteiger partial charge in [0.2, 0.25) is 0 Å². The van der Waals surface area contributed by atoms with Crippen LogP contribution in [0.15, 0.2) is 55.2 Å². The van der Waals surface area contributed by atoms with E-state index in [0.717, 1.165) is 11.3 Å². The van der Waals surface area contributed by atoms with Gasteiger partial charge in [-0.1, -0.05) is 6.07 Å². The van der Waals surface area contributed by atoms with Crippen LogP contribution in [0.25, 0.3) is 22.4 Å². The SMILES string of the molecule is Cc1cc(-c2cnccn2)c(C)cc1-c1ccncc1. The Balaban J connectivity index is 2.13. The van der Waals surface area contributed by atoms with Crippen LogP contribution in [0, 0.1) is 13.8 Å². The van der Waals surface area contributed by atoms with Crippen LogP contribution in [0.1, 0.15) is 11.1 Å². The minimum absolute atomic E-state index is 0.911. The molecule has 0 radical (unpaired) electrons. The number of pyridine rings is 1. The highest BCUT2D eigenvalue weighted by Gasteiger charge is 2.09. The van der Waals surface area contributed by atoms with Gasteiger partial charge in [0, 0.05) is 30.4 Å². The first kappa shape index (κ1) is 12.5. The molecule has 3 rings (SSSR count). The number of benzene rings is 1. The molecule has 0 amide bonds. The lowest BCUT2D eigenvalue weighted by molar-refractivity contribution is 1.20. The molecule has 1 aromatic carbocycles. The van der Waals surface area contributed by atoms with Crippen LogP contribution in [0.3, 0.4) is 0 Å². The Hall–Kier alpha value is -2.55. The summed E-state index contributed by atoms with van der Waals surface area (Å²) in [4.78, 5) is 12.6. The van der Waals surface area contributed by atoms with Gasteiger partial charge < -0.3 is 0 Å². The fraction of sp³-hybridized carbons (Fsp3) is 0.118. The fourth-order valence-corrected chi connectivity index (χ4v) is 2.37. The molecule has 0 saturated heterocycles. The van der Waals surface area contributed by atoms with Crippen molar-refractivity contribution in [2.75, 3.05) is 0 Å². The first-order valence-electron chi connectivity index (χ1n) is 6.54. The summed E-state index contributed by atoms with van der Waals surface area (Å²) in [6.45, 7) is 4.23. The van der Waals surface area contributed by atoms with Gasteiger partial charge in [0.05, 0.1) is 11.9 Å². The summed E-state index contributed by atoms with van der Waals surface area (Å²) in [5, 5.41) is 0. The van der Waals surface area contributed by atoms with Crippen molar-refractivity contribution in [2.45, 2.75) is 13.8 Å². The summed E-state index contributed by atoms with van der Waals surface area (Å²) < 4.78 is 0. The van der Waals surface area contributed by atoms with Crippen molar-refractivity contribution in [1.29, 1.82) is 0 Å². The Morgan fingerprint density at radius 2 is 1.45 bits per heavy atom. The maximum Gasteiger partial charge on any atom is 0.0887 e. The second kappa shape index (κ2) is 5.21. The van der Waals surface area contributed by atoms with Crippen molar-refractivity contribution in [2.24, 2.45) is 0 Å². The number of hydrogen-bond acceptors (Lipinski definition) is 3. The van der Waals surface area contributed by atoms with Crippen molar-refractivity contribution in [3.8, 4) is 22.4 Å². The van der Waals surface area contributed by atoms with E-state index in [1.54, 1.807) is 18.6 Å². The monoisotopic (exact) mass is 261 g/mol. The molecule has 0 N–H and O–H groups in total. The summed E-state index contributed by atoms with van der Waals surface area (Å²) >= 11 is 0. The van der Waals surface area contributed by atoms with Crippen molar-refractivity contribution < 1.29 is 0 Å². The maximum absolute atomic E-state index is 4.38. The van der Waals surface area contributed by atoms with Gasteiger partial charge in [-0.05, 0) is 54.3 Å². The summed E-state index contributed by atoms with van der Waals surface area (Å²) in [6, 6.07) is 8.44. The van der Waals surface area contributed by atoms with Gasteiger partial charge in [0.15, 0.2) is 0 Å². The topological polar surface area (TPSA) is 38.7 Å². The molecule has 0 aliphatic carbocycles. The van der Waals surface area contributed by atoms with Gasteiger partial charge in [-0.3, -0.25) is 15.0 Å². The lowest BCUT2D eigenvalue weighted by atomic mass is 9.94. The smallest absolute Gasteiger partial charge is 0.0887 e. The molecule has 2 heterocycles. The van der Waals surface area contributed by atoms with E-state index >= 15 is 0 Å². The van der Waals surface area contributed by atoms with E-state index in [1.807, 2.05) is 24.5 Å². The van der Waals surface area contributed by atoms with Gasteiger partial charge in [0.1, 0.15) is 0 Å². The van der Waals surface area contributed by atoms with Crippen LogP contribution in [-0.2, 0) is 0 Å². The first-order chi connectivity index (χ1) is 9.75. The van der Waals surface area contributed by atoms with Crippen molar-refractivity contribution in [1.82, 2.24) is 15.0 Å². The molecule has 0 unspecified atom stereocenters. The van der Waals surface area contributed by atoms with E-state index in [2.05, 4.69) is 40.9 Å². The Labute approximate surface area is 118 Å². The predicted octanol–water partition coefficient (Wildman–Crippen LogP) is 3.82. The van der Waals surface area contributed by atoms with Gasteiger partial charge in [-0.15, -0.1) is 0 Å². The second-order valence-electron chi connectivity index (χ2n) is 4.81. The quantitative estimate of drug-likeness (QED) is 0.704. The van der Waals surface area contributed by atoms with E-state index in [-0.39, 0.29) is 0 Å². The van der Waals surface area contributed by atoms with E-state index in [1.165, 1.54) is 22.3 Å². The van der Waals surface area contributed by atoms with Gasteiger partial charge in [-0.25, -0.2) is 0 Å². The first-order valence-corrected chi connectivity index (χ1v) is 6.54. The number of aryl methyl sites for hydroxylation is 2. The van der Waals surface area contributed by atoms with Crippen LogP contribution in [-0.4, -0.2) is 15.0 Å². The molecule has 2 aromatic heterocycles. The largest absolute Gasteiger partial charge is 0.265 e. The third-order valence-corrected chi connectivity index (χ3v) is 3.40.